The van der Waals surface area contributed by atoms with Gasteiger partial charge in [-0.2, -0.15) is 0 Å². The molecule has 19 heavy (non-hydrogen) atoms. The zero-order chi connectivity index (χ0) is 14.6. The highest BCUT2D eigenvalue weighted by Gasteiger charge is 2.18. The predicted molar refractivity (Wildman–Crippen MR) is 64.7 cm³/mol. The fourth-order valence-electron chi connectivity index (χ4n) is 1.38. The average Bonchev–Trinajstić information content (AvgIpc) is 2.31. The Labute approximate surface area is 109 Å². The van der Waals surface area contributed by atoms with E-state index in [1.54, 1.807) is 0 Å². The fourth-order valence-corrected chi connectivity index (χ4v) is 1.38. The number of esters is 1. The van der Waals surface area contributed by atoms with Gasteiger partial charge in [-0.05, 0) is 31.5 Å². The Kier molecular flexibility index (Phi) is 4.97. The van der Waals surface area contributed by atoms with Crippen LogP contribution in [0.2, 0.25) is 0 Å². The van der Waals surface area contributed by atoms with Crippen LogP contribution in [0.25, 0.3) is 0 Å². The lowest BCUT2D eigenvalue weighted by molar-refractivity contribution is -0.119. The van der Waals surface area contributed by atoms with E-state index in [9.17, 15) is 18.4 Å². The van der Waals surface area contributed by atoms with Crippen molar-refractivity contribution in [3.63, 3.8) is 0 Å². The van der Waals surface area contributed by atoms with E-state index in [2.05, 4.69) is 5.32 Å². The first kappa shape index (κ1) is 15.1. The van der Waals surface area contributed by atoms with Gasteiger partial charge < -0.3 is 10.1 Å². The highest BCUT2D eigenvalue weighted by molar-refractivity contribution is 5.90. The van der Waals surface area contributed by atoms with Crippen molar-refractivity contribution in [2.75, 3.05) is 6.54 Å². The molecule has 0 radical (unpaired) electrons. The summed E-state index contributed by atoms with van der Waals surface area (Å²) in [5.41, 5.74) is -0.349. The van der Waals surface area contributed by atoms with Crippen LogP contribution in [0.4, 0.5) is 8.78 Å². The molecule has 0 fully saturated rings. The maximum absolute atomic E-state index is 13.5. The Morgan fingerprint density at radius 3 is 2.53 bits per heavy atom. The van der Waals surface area contributed by atoms with Gasteiger partial charge in [0.25, 0.3) is 0 Å². The third-order valence-electron chi connectivity index (χ3n) is 2.41. The van der Waals surface area contributed by atoms with E-state index in [4.69, 9.17) is 4.74 Å². The summed E-state index contributed by atoms with van der Waals surface area (Å²) in [6.45, 7) is 4.36. The smallest absolute Gasteiger partial charge is 0.341 e. The first-order valence-corrected chi connectivity index (χ1v) is 5.72. The first-order valence-electron chi connectivity index (χ1n) is 5.72. The number of amides is 1. The first-order chi connectivity index (χ1) is 8.81. The molecule has 0 spiro atoms. The Morgan fingerprint density at radius 2 is 1.95 bits per heavy atom. The molecule has 0 saturated heterocycles. The molecule has 1 N–H and O–H groups in total. The standard InChI is InChI=1S/C13H15F2NO3/c1-7-4-12(15)10(5-11(7)14)13(18)19-8(2)6-16-9(3)17/h4-5,8H,6H2,1-3H3,(H,16,17)/t8-/m0/s1. The lowest BCUT2D eigenvalue weighted by atomic mass is 10.1. The van der Waals surface area contributed by atoms with Crippen LogP contribution in [0.5, 0.6) is 0 Å². The molecule has 0 unspecified atom stereocenters. The van der Waals surface area contributed by atoms with Gasteiger partial charge in [-0.15, -0.1) is 0 Å². The van der Waals surface area contributed by atoms with E-state index in [-0.39, 0.29) is 18.0 Å². The van der Waals surface area contributed by atoms with Gasteiger partial charge in [-0.3, -0.25) is 4.79 Å². The van der Waals surface area contributed by atoms with Gasteiger partial charge in [0, 0.05) is 6.92 Å². The molecule has 0 bridgehead atoms. The molecule has 4 nitrogen and oxygen atoms in total. The van der Waals surface area contributed by atoms with Gasteiger partial charge in [0.2, 0.25) is 5.91 Å². The predicted octanol–water partition coefficient (Wildman–Crippen LogP) is 1.95. The van der Waals surface area contributed by atoms with E-state index >= 15 is 0 Å². The monoisotopic (exact) mass is 271 g/mol. The van der Waals surface area contributed by atoms with Gasteiger partial charge >= 0.3 is 5.97 Å². The van der Waals surface area contributed by atoms with Crippen molar-refractivity contribution in [2.45, 2.75) is 26.9 Å². The number of hydrogen-bond donors (Lipinski definition) is 1. The zero-order valence-corrected chi connectivity index (χ0v) is 10.9. The van der Waals surface area contributed by atoms with Crippen LogP contribution in [0.15, 0.2) is 12.1 Å². The van der Waals surface area contributed by atoms with E-state index in [0.717, 1.165) is 12.1 Å². The number of ether oxygens (including phenoxy) is 1. The lowest BCUT2D eigenvalue weighted by Crippen LogP contribution is -2.31. The molecule has 6 heteroatoms. The second-order valence-corrected chi connectivity index (χ2v) is 4.23. The lowest BCUT2D eigenvalue weighted by Gasteiger charge is -2.14. The van der Waals surface area contributed by atoms with Gasteiger partial charge in [-0.25, -0.2) is 13.6 Å². The second kappa shape index (κ2) is 6.26. The molecule has 1 atom stereocenters. The summed E-state index contributed by atoms with van der Waals surface area (Å²) >= 11 is 0. The van der Waals surface area contributed by atoms with Crippen molar-refractivity contribution in [1.29, 1.82) is 0 Å². The van der Waals surface area contributed by atoms with E-state index < -0.39 is 29.3 Å². The van der Waals surface area contributed by atoms with Crippen molar-refractivity contribution in [3.8, 4) is 0 Å². The number of halogens is 2. The number of nitrogens with one attached hydrogen (secondary N) is 1. The van der Waals surface area contributed by atoms with E-state index in [1.165, 1.54) is 20.8 Å². The SMILES string of the molecule is CC(=O)NC[C@H](C)OC(=O)c1cc(F)c(C)cc1F. The maximum Gasteiger partial charge on any atom is 0.341 e. The van der Waals surface area contributed by atoms with Crippen LogP contribution in [0.3, 0.4) is 0 Å². The molecule has 0 aliphatic carbocycles. The summed E-state index contributed by atoms with van der Waals surface area (Å²) in [7, 11) is 0. The molecule has 0 aliphatic rings. The zero-order valence-electron chi connectivity index (χ0n) is 10.9. The molecule has 0 aromatic heterocycles. The molecule has 0 saturated carbocycles. The highest BCUT2D eigenvalue weighted by Crippen LogP contribution is 2.15. The van der Waals surface area contributed by atoms with Gasteiger partial charge in [-0.1, -0.05) is 0 Å². The summed E-state index contributed by atoms with van der Waals surface area (Å²) in [5, 5.41) is 2.45. The third-order valence-corrected chi connectivity index (χ3v) is 2.41. The average molecular weight is 271 g/mol. The minimum Gasteiger partial charge on any atom is -0.457 e. The minimum absolute atomic E-state index is 0.108. The quantitative estimate of drug-likeness (QED) is 0.852. The van der Waals surface area contributed by atoms with Gasteiger partial charge in [0.05, 0.1) is 12.1 Å². The van der Waals surface area contributed by atoms with Crippen molar-refractivity contribution >= 4 is 11.9 Å². The van der Waals surface area contributed by atoms with E-state index in [0.29, 0.717) is 0 Å². The maximum atomic E-state index is 13.5. The number of hydrogen-bond acceptors (Lipinski definition) is 3. The van der Waals surface area contributed by atoms with Crippen molar-refractivity contribution in [2.24, 2.45) is 0 Å². The molecule has 0 aliphatic heterocycles. The molecular formula is C13H15F2NO3. The third kappa shape index (κ3) is 4.31. The normalized spacial score (nSPS) is 11.8. The Morgan fingerprint density at radius 1 is 1.32 bits per heavy atom. The van der Waals surface area contributed by atoms with Crippen LogP contribution in [0, 0.1) is 18.6 Å². The van der Waals surface area contributed by atoms with Crippen LogP contribution in [-0.4, -0.2) is 24.5 Å². The number of rotatable bonds is 4. The summed E-state index contributed by atoms with van der Waals surface area (Å²) < 4.78 is 31.7. The minimum atomic E-state index is -0.964. The van der Waals surface area contributed by atoms with Crippen molar-refractivity contribution < 1.29 is 23.1 Å². The van der Waals surface area contributed by atoms with Crippen molar-refractivity contribution in [1.82, 2.24) is 5.32 Å². The van der Waals surface area contributed by atoms with Crippen LogP contribution < -0.4 is 5.32 Å². The number of benzene rings is 1. The molecule has 1 aromatic rings. The second-order valence-electron chi connectivity index (χ2n) is 4.23. The van der Waals surface area contributed by atoms with Gasteiger partial charge in [0.15, 0.2) is 0 Å². The van der Waals surface area contributed by atoms with Crippen LogP contribution in [0.1, 0.15) is 29.8 Å². The number of aryl methyl sites for hydroxylation is 1. The summed E-state index contributed by atoms with van der Waals surface area (Å²) in [6, 6.07) is 1.74. The summed E-state index contributed by atoms with van der Waals surface area (Å²) in [6.07, 6.45) is -0.639. The highest BCUT2D eigenvalue weighted by atomic mass is 19.1. The summed E-state index contributed by atoms with van der Waals surface area (Å²) in [5.74, 6) is -2.75. The van der Waals surface area contributed by atoms with Crippen LogP contribution >= 0.6 is 0 Å². The largest absolute Gasteiger partial charge is 0.457 e. The molecular weight excluding hydrogens is 256 g/mol. The topological polar surface area (TPSA) is 55.4 Å². The Balaban J connectivity index is 2.73. The molecule has 1 amide bonds. The van der Waals surface area contributed by atoms with Gasteiger partial charge in [0.1, 0.15) is 17.7 Å². The summed E-state index contributed by atoms with van der Waals surface area (Å²) in [4.78, 5) is 22.3. The number of carbonyl (C=O) groups excluding carboxylic acids is 2. The Hall–Kier alpha value is -1.98. The van der Waals surface area contributed by atoms with Crippen LogP contribution in [-0.2, 0) is 9.53 Å². The molecule has 0 heterocycles. The molecule has 1 rings (SSSR count). The molecule has 1 aromatic carbocycles. The number of carbonyl (C=O) groups is 2. The molecule has 104 valence electrons. The Bertz CT molecular complexity index is 503. The fraction of sp³-hybridized carbons (Fsp3) is 0.385. The van der Waals surface area contributed by atoms with E-state index in [1.807, 2.05) is 0 Å². The van der Waals surface area contributed by atoms with Crippen molar-refractivity contribution in [3.05, 3.63) is 34.9 Å².